The Morgan fingerprint density at radius 1 is 1.39 bits per heavy atom. The molecule has 0 aromatic heterocycles. The van der Waals surface area contributed by atoms with Crippen LogP contribution in [0.25, 0.3) is 0 Å². The predicted molar refractivity (Wildman–Crippen MR) is 71.8 cm³/mol. The van der Waals surface area contributed by atoms with Crippen molar-refractivity contribution in [3.05, 3.63) is 29.3 Å². The van der Waals surface area contributed by atoms with Gasteiger partial charge >= 0.3 is 0 Å². The molecule has 0 radical (unpaired) electrons. The zero-order chi connectivity index (χ0) is 12.6. The van der Waals surface area contributed by atoms with Crippen molar-refractivity contribution in [2.75, 3.05) is 6.61 Å². The maximum absolute atomic E-state index is 11.1. The minimum atomic E-state index is -0.655. The van der Waals surface area contributed by atoms with E-state index in [4.69, 9.17) is 4.74 Å². The SMILES string of the molecule is CCC1CCCC1(O)c1cccc2c1OCCC2. The van der Waals surface area contributed by atoms with E-state index in [0.717, 1.165) is 56.4 Å². The molecule has 1 saturated carbocycles. The fraction of sp³-hybridized carbons (Fsp3) is 0.625. The van der Waals surface area contributed by atoms with Crippen LogP contribution in [0.3, 0.4) is 0 Å². The predicted octanol–water partition coefficient (Wildman–Crippen LogP) is 3.41. The second-order valence-corrected chi connectivity index (χ2v) is 5.67. The van der Waals surface area contributed by atoms with Crippen LogP contribution in [0, 0.1) is 5.92 Å². The minimum Gasteiger partial charge on any atom is -0.493 e. The van der Waals surface area contributed by atoms with E-state index in [1.165, 1.54) is 5.56 Å². The van der Waals surface area contributed by atoms with E-state index >= 15 is 0 Å². The van der Waals surface area contributed by atoms with Crippen LogP contribution in [0.15, 0.2) is 18.2 Å². The molecule has 98 valence electrons. The summed E-state index contributed by atoms with van der Waals surface area (Å²) in [5.41, 5.74) is 1.66. The Bertz CT molecular complexity index is 441. The lowest BCUT2D eigenvalue weighted by atomic mass is 9.80. The second kappa shape index (κ2) is 4.58. The van der Waals surface area contributed by atoms with Gasteiger partial charge in [0.25, 0.3) is 0 Å². The Morgan fingerprint density at radius 2 is 2.28 bits per heavy atom. The van der Waals surface area contributed by atoms with E-state index in [2.05, 4.69) is 25.1 Å². The lowest BCUT2D eigenvalue weighted by Crippen LogP contribution is -2.31. The summed E-state index contributed by atoms with van der Waals surface area (Å²) in [5, 5.41) is 11.1. The molecule has 0 spiro atoms. The Labute approximate surface area is 109 Å². The number of aryl methyl sites for hydroxylation is 1. The van der Waals surface area contributed by atoms with Crippen molar-refractivity contribution in [2.24, 2.45) is 5.92 Å². The Kier molecular flexibility index (Phi) is 3.06. The number of aliphatic hydroxyl groups is 1. The highest BCUT2D eigenvalue weighted by Crippen LogP contribution is 2.49. The molecule has 18 heavy (non-hydrogen) atoms. The highest BCUT2D eigenvalue weighted by atomic mass is 16.5. The summed E-state index contributed by atoms with van der Waals surface area (Å²) in [6.45, 7) is 2.97. The average Bonchev–Trinajstić information content (AvgIpc) is 2.80. The van der Waals surface area contributed by atoms with Crippen molar-refractivity contribution in [1.82, 2.24) is 0 Å². The van der Waals surface area contributed by atoms with Crippen LogP contribution in [-0.4, -0.2) is 11.7 Å². The summed E-state index contributed by atoms with van der Waals surface area (Å²) >= 11 is 0. The fourth-order valence-electron chi connectivity index (χ4n) is 3.69. The van der Waals surface area contributed by atoms with Crippen LogP contribution in [0.1, 0.15) is 50.2 Å². The fourth-order valence-corrected chi connectivity index (χ4v) is 3.69. The maximum atomic E-state index is 11.1. The average molecular weight is 246 g/mol. The third kappa shape index (κ3) is 1.74. The molecule has 2 heteroatoms. The number of hydrogen-bond donors (Lipinski definition) is 1. The van der Waals surface area contributed by atoms with Crippen LogP contribution in [0.4, 0.5) is 0 Å². The molecule has 1 N–H and O–H groups in total. The van der Waals surface area contributed by atoms with Crippen LogP contribution < -0.4 is 4.74 Å². The largest absolute Gasteiger partial charge is 0.493 e. The van der Waals surface area contributed by atoms with E-state index in [1.807, 2.05) is 0 Å². The molecule has 1 aliphatic carbocycles. The quantitative estimate of drug-likeness (QED) is 0.866. The van der Waals surface area contributed by atoms with Gasteiger partial charge in [-0.1, -0.05) is 31.5 Å². The zero-order valence-electron chi connectivity index (χ0n) is 11.1. The monoisotopic (exact) mass is 246 g/mol. The highest BCUT2D eigenvalue weighted by Gasteiger charge is 2.43. The number of fused-ring (bicyclic) bond motifs is 1. The first-order chi connectivity index (χ1) is 8.75. The molecule has 0 saturated heterocycles. The minimum absolute atomic E-state index is 0.384. The molecule has 1 aliphatic heterocycles. The summed E-state index contributed by atoms with van der Waals surface area (Å²) in [6, 6.07) is 6.28. The molecular weight excluding hydrogens is 224 g/mol. The van der Waals surface area contributed by atoms with Crippen molar-refractivity contribution < 1.29 is 9.84 Å². The zero-order valence-corrected chi connectivity index (χ0v) is 11.1. The van der Waals surface area contributed by atoms with Gasteiger partial charge in [0.15, 0.2) is 0 Å². The van der Waals surface area contributed by atoms with Gasteiger partial charge in [0.1, 0.15) is 5.75 Å². The maximum Gasteiger partial charge on any atom is 0.128 e. The Morgan fingerprint density at radius 3 is 3.11 bits per heavy atom. The standard InChI is InChI=1S/C16H22O2/c1-2-13-8-4-10-16(13,17)14-9-3-6-12-7-5-11-18-15(12)14/h3,6,9,13,17H,2,4-5,7-8,10-11H2,1H3. The van der Waals surface area contributed by atoms with Gasteiger partial charge in [0.05, 0.1) is 12.2 Å². The Hall–Kier alpha value is -1.02. The third-order valence-corrected chi connectivity index (χ3v) is 4.68. The van der Waals surface area contributed by atoms with Crippen molar-refractivity contribution in [3.63, 3.8) is 0 Å². The van der Waals surface area contributed by atoms with Gasteiger partial charge in [-0.25, -0.2) is 0 Å². The molecular formula is C16H22O2. The van der Waals surface area contributed by atoms with Gasteiger partial charge in [-0.05, 0) is 43.6 Å². The number of rotatable bonds is 2. The molecule has 0 bridgehead atoms. The molecule has 1 heterocycles. The van der Waals surface area contributed by atoms with Gasteiger partial charge in [-0.3, -0.25) is 0 Å². The molecule has 1 fully saturated rings. The van der Waals surface area contributed by atoms with Gasteiger partial charge in [0, 0.05) is 5.56 Å². The van der Waals surface area contributed by atoms with Crippen LogP contribution in [-0.2, 0) is 12.0 Å². The van der Waals surface area contributed by atoms with Crippen LogP contribution in [0.2, 0.25) is 0 Å². The van der Waals surface area contributed by atoms with Crippen molar-refractivity contribution >= 4 is 0 Å². The lowest BCUT2D eigenvalue weighted by Gasteiger charge is -2.33. The summed E-state index contributed by atoms with van der Waals surface area (Å²) in [7, 11) is 0. The number of para-hydroxylation sites is 1. The molecule has 2 unspecified atom stereocenters. The van der Waals surface area contributed by atoms with E-state index in [0.29, 0.717) is 5.92 Å². The van der Waals surface area contributed by atoms with E-state index < -0.39 is 5.60 Å². The van der Waals surface area contributed by atoms with Crippen molar-refractivity contribution in [1.29, 1.82) is 0 Å². The number of benzene rings is 1. The van der Waals surface area contributed by atoms with Crippen molar-refractivity contribution in [2.45, 2.75) is 51.0 Å². The van der Waals surface area contributed by atoms with Gasteiger partial charge in [-0.2, -0.15) is 0 Å². The molecule has 2 atom stereocenters. The third-order valence-electron chi connectivity index (χ3n) is 4.68. The molecule has 0 amide bonds. The van der Waals surface area contributed by atoms with E-state index in [-0.39, 0.29) is 0 Å². The molecule has 1 aromatic rings. The highest BCUT2D eigenvalue weighted by molar-refractivity contribution is 5.46. The molecule has 3 rings (SSSR count). The Balaban J connectivity index is 2.06. The smallest absolute Gasteiger partial charge is 0.128 e. The van der Waals surface area contributed by atoms with Crippen LogP contribution in [0.5, 0.6) is 5.75 Å². The van der Waals surface area contributed by atoms with E-state index in [9.17, 15) is 5.11 Å². The lowest BCUT2D eigenvalue weighted by molar-refractivity contribution is -0.00672. The van der Waals surface area contributed by atoms with Gasteiger partial charge < -0.3 is 9.84 Å². The summed E-state index contributed by atoms with van der Waals surface area (Å²) < 4.78 is 5.87. The summed E-state index contributed by atoms with van der Waals surface area (Å²) in [5.74, 6) is 1.36. The first kappa shape index (κ1) is 12.0. The normalized spacial score (nSPS) is 30.9. The summed E-state index contributed by atoms with van der Waals surface area (Å²) in [4.78, 5) is 0. The molecule has 2 nitrogen and oxygen atoms in total. The topological polar surface area (TPSA) is 29.5 Å². The van der Waals surface area contributed by atoms with Gasteiger partial charge in [-0.15, -0.1) is 0 Å². The number of hydrogen-bond acceptors (Lipinski definition) is 2. The summed E-state index contributed by atoms with van der Waals surface area (Å²) in [6.07, 6.45) is 6.35. The second-order valence-electron chi connectivity index (χ2n) is 5.67. The van der Waals surface area contributed by atoms with Gasteiger partial charge in [0.2, 0.25) is 0 Å². The van der Waals surface area contributed by atoms with Crippen LogP contribution >= 0.6 is 0 Å². The number of ether oxygens (including phenoxy) is 1. The van der Waals surface area contributed by atoms with Crippen molar-refractivity contribution in [3.8, 4) is 5.75 Å². The molecule has 1 aromatic carbocycles. The van der Waals surface area contributed by atoms with E-state index in [1.54, 1.807) is 0 Å². The first-order valence-corrected chi connectivity index (χ1v) is 7.23. The first-order valence-electron chi connectivity index (χ1n) is 7.23. The molecule has 2 aliphatic rings.